The smallest absolute Gasteiger partial charge is 0.423 e. The standard InChI is InChI=1S/C8H8BFN2O2S/c10-4-1-6-5(3-14-9(6)13)7(2-4)12-8(11)15/h1-2,13H,3H2,(H3,11,12,15). The van der Waals surface area contributed by atoms with E-state index in [1.54, 1.807) is 0 Å². The number of benzene rings is 1. The van der Waals surface area contributed by atoms with Crippen molar-refractivity contribution in [3.63, 3.8) is 0 Å². The van der Waals surface area contributed by atoms with Gasteiger partial charge in [0.1, 0.15) is 5.82 Å². The summed E-state index contributed by atoms with van der Waals surface area (Å²) in [6.45, 7) is 0.210. The Labute approximate surface area is 91.4 Å². The summed E-state index contributed by atoms with van der Waals surface area (Å²) in [7, 11) is -1.08. The van der Waals surface area contributed by atoms with Gasteiger partial charge in [0.25, 0.3) is 0 Å². The number of fused-ring (bicyclic) bond motifs is 1. The number of thiocarbonyl (C=S) groups is 1. The van der Waals surface area contributed by atoms with E-state index in [0.29, 0.717) is 16.7 Å². The maximum atomic E-state index is 13.2. The normalized spacial score (nSPS) is 13.9. The van der Waals surface area contributed by atoms with Gasteiger partial charge < -0.3 is 20.7 Å². The van der Waals surface area contributed by atoms with Gasteiger partial charge in [0, 0.05) is 5.69 Å². The number of nitrogens with one attached hydrogen (secondary N) is 1. The fourth-order valence-corrected chi connectivity index (χ4v) is 1.65. The van der Waals surface area contributed by atoms with E-state index in [1.807, 2.05) is 0 Å². The van der Waals surface area contributed by atoms with Gasteiger partial charge in [0.05, 0.1) is 6.61 Å². The van der Waals surface area contributed by atoms with Gasteiger partial charge in [-0.15, -0.1) is 0 Å². The zero-order chi connectivity index (χ0) is 11.0. The molecule has 0 atom stereocenters. The molecule has 2 rings (SSSR count). The third-order valence-corrected chi connectivity index (χ3v) is 2.26. The predicted molar refractivity (Wildman–Crippen MR) is 59.2 cm³/mol. The number of hydrogen-bond donors (Lipinski definition) is 3. The molecule has 0 aromatic heterocycles. The maximum absolute atomic E-state index is 13.2. The predicted octanol–water partition coefficient (Wildman–Crippen LogP) is -0.301. The van der Waals surface area contributed by atoms with E-state index in [9.17, 15) is 9.41 Å². The molecule has 0 saturated heterocycles. The van der Waals surface area contributed by atoms with Crippen LogP contribution in [0.1, 0.15) is 5.56 Å². The fourth-order valence-electron chi connectivity index (χ4n) is 1.54. The van der Waals surface area contributed by atoms with Crippen LogP contribution in [0.2, 0.25) is 0 Å². The van der Waals surface area contributed by atoms with E-state index in [0.717, 1.165) is 0 Å². The maximum Gasteiger partial charge on any atom is 0.491 e. The lowest BCUT2D eigenvalue weighted by Crippen LogP contribution is -2.29. The largest absolute Gasteiger partial charge is 0.491 e. The molecule has 1 aliphatic heterocycles. The molecule has 1 aliphatic rings. The molecule has 1 aromatic rings. The average Bonchev–Trinajstić information content (AvgIpc) is 2.47. The van der Waals surface area contributed by atoms with Crippen molar-refractivity contribution in [3.05, 3.63) is 23.5 Å². The van der Waals surface area contributed by atoms with Crippen molar-refractivity contribution in [2.24, 2.45) is 5.73 Å². The molecule has 0 fully saturated rings. The molecule has 0 bridgehead atoms. The minimum Gasteiger partial charge on any atom is -0.423 e. The summed E-state index contributed by atoms with van der Waals surface area (Å²) in [6, 6.07) is 2.50. The third-order valence-electron chi connectivity index (χ3n) is 2.16. The molecular weight excluding hydrogens is 218 g/mol. The Morgan fingerprint density at radius 1 is 1.67 bits per heavy atom. The van der Waals surface area contributed by atoms with E-state index in [2.05, 4.69) is 17.5 Å². The SMILES string of the molecule is NC(=S)Nc1cc(F)cc2c1COB2O. The molecule has 1 aromatic carbocycles. The number of nitrogens with two attached hydrogens (primary N) is 1. The van der Waals surface area contributed by atoms with Crippen LogP contribution in [0, 0.1) is 5.82 Å². The third kappa shape index (κ3) is 1.94. The van der Waals surface area contributed by atoms with Gasteiger partial charge in [-0.25, -0.2) is 4.39 Å². The van der Waals surface area contributed by atoms with Crippen molar-refractivity contribution in [1.82, 2.24) is 0 Å². The van der Waals surface area contributed by atoms with E-state index in [-0.39, 0.29) is 11.7 Å². The van der Waals surface area contributed by atoms with Crippen molar-refractivity contribution in [1.29, 1.82) is 0 Å². The number of anilines is 1. The van der Waals surface area contributed by atoms with Crippen molar-refractivity contribution in [2.45, 2.75) is 6.61 Å². The zero-order valence-corrected chi connectivity index (χ0v) is 8.47. The summed E-state index contributed by atoms with van der Waals surface area (Å²) in [5.41, 5.74) is 6.83. The Balaban J connectivity index is 2.47. The van der Waals surface area contributed by atoms with Gasteiger partial charge >= 0.3 is 7.12 Å². The molecule has 7 heteroatoms. The number of halogens is 1. The van der Waals surface area contributed by atoms with E-state index < -0.39 is 12.9 Å². The van der Waals surface area contributed by atoms with Crippen LogP contribution in [0.5, 0.6) is 0 Å². The van der Waals surface area contributed by atoms with Gasteiger partial charge in [-0.2, -0.15) is 0 Å². The molecule has 0 saturated carbocycles. The topological polar surface area (TPSA) is 67.5 Å². The Morgan fingerprint density at radius 2 is 2.40 bits per heavy atom. The molecular formula is C8H8BFN2O2S. The Bertz CT molecular complexity index is 429. The molecule has 78 valence electrons. The second-order valence-corrected chi connectivity index (χ2v) is 3.61. The molecule has 1 heterocycles. The van der Waals surface area contributed by atoms with Gasteiger partial charge in [-0.05, 0) is 35.4 Å². The van der Waals surface area contributed by atoms with Crippen LogP contribution in [0.15, 0.2) is 12.1 Å². The summed E-state index contributed by atoms with van der Waals surface area (Å²) < 4.78 is 18.1. The minimum atomic E-state index is -1.08. The summed E-state index contributed by atoms with van der Waals surface area (Å²) in [5.74, 6) is -0.475. The van der Waals surface area contributed by atoms with Gasteiger partial charge in [0.2, 0.25) is 0 Å². The van der Waals surface area contributed by atoms with Crippen LogP contribution >= 0.6 is 12.2 Å². The van der Waals surface area contributed by atoms with Gasteiger partial charge in [0.15, 0.2) is 5.11 Å². The second-order valence-electron chi connectivity index (χ2n) is 3.17. The summed E-state index contributed by atoms with van der Waals surface area (Å²) >= 11 is 4.66. The first kappa shape index (κ1) is 10.3. The first-order valence-corrected chi connectivity index (χ1v) is 4.67. The quantitative estimate of drug-likeness (QED) is 0.453. The Hall–Kier alpha value is -1.18. The second kappa shape index (κ2) is 3.76. The van der Waals surface area contributed by atoms with Crippen LogP contribution in [0.3, 0.4) is 0 Å². The lowest BCUT2D eigenvalue weighted by atomic mass is 9.79. The first-order chi connectivity index (χ1) is 7.08. The highest BCUT2D eigenvalue weighted by molar-refractivity contribution is 7.80. The summed E-state index contributed by atoms with van der Waals surface area (Å²) in [5, 5.41) is 12.1. The van der Waals surface area contributed by atoms with E-state index in [1.165, 1.54) is 12.1 Å². The van der Waals surface area contributed by atoms with Crippen LogP contribution in [0.25, 0.3) is 0 Å². The highest BCUT2D eigenvalue weighted by atomic mass is 32.1. The first-order valence-electron chi connectivity index (χ1n) is 4.26. The highest BCUT2D eigenvalue weighted by Crippen LogP contribution is 2.21. The Morgan fingerprint density at radius 3 is 3.07 bits per heavy atom. The summed E-state index contributed by atoms with van der Waals surface area (Å²) in [4.78, 5) is 0. The van der Waals surface area contributed by atoms with Crippen LogP contribution in [-0.2, 0) is 11.3 Å². The van der Waals surface area contributed by atoms with Crippen molar-refractivity contribution in [3.8, 4) is 0 Å². The van der Waals surface area contributed by atoms with E-state index in [4.69, 9.17) is 10.4 Å². The van der Waals surface area contributed by atoms with Crippen molar-refractivity contribution < 1.29 is 14.1 Å². The Kier molecular flexibility index (Phi) is 2.60. The molecule has 4 N–H and O–H groups in total. The van der Waals surface area contributed by atoms with Crippen LogP contribution in [0.4, 0.5) is 10.1 Å². The zero-order valence-electron chi connectivity index (χ0n) is 7.66. The van der Waals surface area contributed by atoms with E-state index >= 15 is 0 Å². The van der Waals surface area contributed by atoms with Crippen molar-refractivity contribution in [2.75, 3.05) is 5.32 Å². The summed E-state index contributed by atoms with van der Waals surface area (Å²) in [6.07, 6.45) is 0. The highest BCUT2D eigenvalue weighted by Gasteiger charge is 2.30. The molecule has 0 unspecified atom stereocenters. The minimum absolute atomic E-state index is 0.0455. The number of hydrogen-bond acceptors (Lipinski definition) is 3. The molecule has 0 amide bonds. The lowest BCUT2D eigenvalue weighted by molar-refractivity contribution is 0.276. The van der Waals surface area contributed by atoms with Gasteiger partial charge in [-0.3, -0.25) is 0 Å². The van der Waals surface area contributed by atoms with Gasteiger partial charge in [-0.1, -0.05) is 0 Å². The fraction of sp³-hybridized carbons (Fsp3) is 0.125. The van der Waals surface area contributed by atoms with Crippen molar-refractivity contribution >= 4 is 35.6 Å². The van der Waals surface area contributed by atoms with Crippen LogP contribution < -0.4 is 16.5 Å². The lowest BCUT2D eigenvalue weighted by Gasteiger charge is -2.09. The van der Waals surface area contributed by atoms with Crippen LogP contribution in [-0.4, -0.2) is 17.3 Å². The molecule has 0 radical (unpaired) electrons. The molecule has 0 spiro atoms. The average molecular weight is 226 g/mol. The molecule has 0 aliphatic carbocycles. The molecule has 4 nitrogen and oxygen atoms in total. The monoisotopic (exact) mass is 226 g/mol. The molecule has 15 heavy (non-hydrogen) atoms. The number of rotatable bonds is 1.